The summed E-state index contributed by atoms with van der Waals surface area (Å²) in [4.78, 5) is 26.1. The van der Waals surface area contributed by atoms with Crippen molar-refractivity contribution in [3.63, 3.8) is 0 Å². The number of benzene rings is 1. The van der Waals surface area contributed by atoms with Gasteiger partial charge in [-0.1, -0.05) is 29.8 Å². The first-order valence-corrected chi connectivity index (χ1v) is 14.3. The van der Waals surface area contributed by atoms with Crippen LogP contribution in [0.25, 0.3) is 22.2 Å². The molecule has 2 aliphatic rings. The van der Waals surface area contributed by atoms with E-state index in [-0.39, 0.29) is 52.9 Å². The third kappa shape index (κ3) is 6.38. The van der Waals surface area contributed by atoms with Crippen molar-refractivity contribution < 1.29 is 27.8 Å². The number of fused-ring (bicyclic) bond motifs is 1. The van der Waals surface area contributed by atoms with Gasteiger partial charge in [0.05, 0.1) is 42.6 Å². The van der Waals surface area contributed by atoms with Gasteiger partial charge in [0.25, 0.3) is 0 Å². The van der Waals surface area contributed by atoms with Crippen LogP contribution >= 0.6 is 23.2 Å². The maximum atomic E-state index is 14.1. The number of ether oxygens (including phenoxy) is 3. The third-order valence-corrected chi connectivity index (χ3v) is 8.40. The normalized spacial score (nSPS) is 21.6. The molecule has 1 aromatic carbocycles. The van der Waals surface area contributed by atoms with Crippen molar-refractivity contribution in [1.82, 2.24) is 15.0 Å². The Bertz CT molecular complexity index is 1480. The van der Waals surface area contributed by atoms with Crippen LogP contribution in [-0.4, -0.2) is 66.2 Å². The van der Waals surface area contributed by atoms with Crippen molar-refractivity contribution in [2.24, 2.45) is 5.92 Å². The molecule has 1 unspecified atom stereocenters. The first-order chi connectivity index (χ1) is 20.1. The number of nitrogens with zero attached hydrogens (tertiary/aromatic N) is 3. The molecule has 2 N–H and O–H groups in total. The highest BCUT2D eigenvalue weighted by Crippen LogP contribution is 2.46. The number of allylic oxidation sites excluding steroid dienone is 1. The molecule has 0 radical (unpaired) electrons. The van der Waals surface area contributed by atoms with E-state index in [1.54, 1.807) is 18.3 Å². The van der Waals surface area contributed by atoms with Crippen molar-refractivity contribution in [2.75, 3.05) is 38.1 Å². The number of anilines is 2. The number of carbonyl (C=O) groups is 1. The zero-order chi connectivity index (χ0) is 30.0. The molecule has 5 rings (SSSR count). The fourth-order valence-electron chi connectivity index (χ4n) is 5.41. The van der Waals surface area contributed by atoms with Crippen molar-refractivity contribution in [3.8, 4) is 22.8 Å². The largest absolute Gasteiger partial charge is 0.495 e. The van der Waals surface area contributed by atoms with Gasteiger partial charge in [0.15, 0.2) is 11.6 Å². The van der Waals surface area contributed by atoms with E-state index >= 15 is 0 Å². The lowest BCUT2D eigenvalue weighted by Gasteiger charge is -2.31. The predicted octanol–water partition coefficient (Wildman–Crippen LogP) is 6.58. The highest BCUT2D eigenvalue weighted by Gasteiger charge is 2.40. The number of carbonyl (C=O) groups excluding carboxylic acids is 1. The summed E-state index contributed by atoms with van der Waals surface area (Å²) < 4.78 is 44.7. The number of pyridine rings is 1. The summed E-state index contributed by atoms with van der Waals surface area (Å²) in [5.41, 5.74) is 1.13. The Kier molecular flexibility index (Phi) is 9.00. The minimum atomic E-state index is -2.77. The summed E-state index contributed by atoms with van der Waals surface area (Å²) in [5.74, 6) is -1.57. The minimum absolute atomic E-state index is 0.00897. The van der Waals surface area contributed by atoms with Gasteiger partial charge in [-0.05, 0) is 30.9 Å². The molecule has 1 saturated carbocycles. The molecule has 3 aromatic rings. The summed E-state index contributed by atoms with van der Waals surface area (Å²) in [6, 6.07) is 2.55. The van der Waals surface area contributed by atoms with Crippen LogP contribution in [0, 0.1) is 5.92 Å². The molecule has 1 aliphatic carbocycles. The number of ketones is 1. The topological polar surface area (TPSA) is 107 Å². The fraction of sp³-hybridized carbons (Fsp3) is 0.448. The Morgan fingerprint density at radius 2 is 1.90 bits per heavy atom. The first kappa shape index (κ1) is 30.2. The summed E-state index contributed by atoms with van der Waals surface area (Å²) in [5, 5.41) is 7.48. The van der Waals surface area contributed by atoms with E-state index in [1.807, 2.05) is 0 Å². The number of hydrogen-bond donors (Lipinski definition) is 2. The number of methoxy groups -OCH3 is 2. The van der Waals surface area contributed by atoms with Gasteiger partial charge in [-0.15, -0.1) is 0 Å². The Morgan fingerprint density at radius 3 is 2.55 bits per heavy atom. The number of rotatable bonds is 10. The van der Waals surface area contributed by atoms with Crippen LogP contribution < -0.4 is 20.1 Å². The van der Waals surface area contributed by atoms with Crippen LogP contribution in [0.2, 0.25) is 10.0 Å². The van der Waals surface area contributed by atoms with Crippen molar-refractivity contribution in [3.05, 3.63) is 41.0 Å². The molecule has 42 heavy (non-hydrogen) atoms. The van der Waals surface area contributed by atoms with Crippen LogP contribution in [0.3, 0.4) is 0 Å². The average Bonchev–Trinajstić information content (AvgIpc) is 3.32. The second-order valence-corrected chi connectivity index (χ2v) is 11.2. The SMILES string of the molecule is C=CC(=O)C[C@H]1CCOC[C@H]1Nc1ncc2cc(-c3c(Cl)c(OC)cc(OC)c3Cl)nc(NC3CCC(F)(F)C3)c2n1. The van der Waals surface area contributed by atoms with Crippen LogP contribution in [0.4, 0.5) is 20.5 Å². The molecule has 0 bridgehead atoms. The van der Waals surface area contributed by atoms with Crippen LogP contribution in [-0.2, 0) is 9.53 Å². The van der Waals surface area contributed by atoms with Crippen LogP contribution in [0.15, 0.2) is 31.0 Å². The molecular weight excluding hydrogens is 591 g/mol. The molecule has 3 atom stereocenters. The number of hydrogen-bond acceptors (Lipinski definition) is 9. The summed E-state index contributed by atoms with van der Waals surface area (Å²) >= 11 is 13.3. The second kappa shape index (κ2) is 12.5. The third-order valence-electron chi connectivity index (χ3n) is 7.65. The highest BCUT2D eigenvalue weighted by atomic mass is 35.5. The Labute approximate surface area is 252 Å². The van der Waals surface area contributed by atoms with Gasteiger partial charge in [0.2, 0.25) is 11.9 Å². The standard InChI is InChI=1S/C29H31Cl2F2N5O4/c1-4-18(39)9-15-6-8-42-14-20(15)37-28-34-13-16-10-19(23-24(30)21(40-2)11-22(41-3)25(23)31)36-27(26(16)38-28)35-17-5-7-29(32,33)12-17/h4,10-11,13,15,17,20H,1,5-9,12,14H2,2-3H3,(H,35,36)(H,34,37,38)/t15-,17?,20-/m1/s1. The van der Waals surface area contributed by atoms with E-state index in [4.69, 9.17) is 47.4 Å². The molecule has 1 saturated heterocycles. The summed E-state index contributed by atoms with van der Waals surface area (Å²) in [7, 11) is 2.94. The maximum absolute atomic E-state index is 14.1. The smallest absolute Gasteiger partial charge is 0.250 e. The van der Waals surface area contributed by atoms with Gasteiger partial charge in [-0.3, -0.25) is 4.79 Å². The number of halogens is 4. The zero-order valence-corrected chi connectivity index (χ0v) is 24.7. The molecule has 2 fully saturated rings. The first-order valence-electron chi connectivity index (χ1n) is 13.5. The molecule has 0 spiro atoms. The van der Waals surface area contributed by atoms with Gasteiger partial charge in [0, 0.05) is 55.1 Å². The van der Waals surface area contributed by atoms with Gasteiger partial charge < -0.3 is 24.8 Å². The maximum Gasteiger partial charge on any atom is 0.250 e. The van der Waals surface area contributed by atoms with E-state index < -0.39 is 12.0 Å². The quantitative estimate of drug-likeness (QED) is 0.243. The molecule has 9 nitrogen and oxygen atoms in total. The van der Waals surface area contributed by atoms with Gasteiger partial charge in [-0.25, -0.2) is 23.7 Å². The molecule has 0 amide bonds. The molecular formula is C29H31Cl2F2N5O4. The molecule has 1 aliphatic heterocycles. The van der Waals surface area contributed by atoms with Crippen molar-refractivity contribution in [1.29, 1.82) is 0 Å². The monoisotopic (exact) mass is 621 g/mol. The van der Waals surface area contributed by atoms with E-state index in [0.717, 1.165) is 0 Å². The number of aromatic nitrogens is 3. The van der Waals surface area contributed by atoms with E-state index in [9.17, 15) is 13.6 Å². The van der Waals surface area contributed by atoms with Gasteiger partial charge in [0.1, 0.15) is 17.0 Å². The lowest BCUT2D eigenvalue weighted by molar-refractivity contribution is -0.116. The van der Waals surface area contributed by atoms with Gasteiger partial charge >= 0.3 is 0 Å². The number of alkyl halides is 2. The van der Waals surface area contributed by atoms with E-state index in [2.05, 4.69) is 22.2 Å². The second-order valence-electron chi connectivity index (χ2n) is 10.5. The van der Waals surface area contributed by atoms with E-state index in [1.165, 1.54) is 20.3 Å². The minimum Gasteiger partial charge on any atom is -0.495 e. The Hall–Kier alpha value is -3.28. The summed E-state index contributed by atoms with van der Waals surface area (Å²) in [6.45, 7) is 4.51. The Balaban J connectivity index is 1.57. The lowest BCUT2D eigenvalue weighted by atomic mass is 9.90. The predicted molar refractivity (Wildman–Crippen MR) is 158 cm³/mol. The average molecular weight is 622 g/mol. The summed E-state index contributed by atoms with van der Waals surface area (Å²) in [6.07, 6.45) is 3.68. The number of nitrogens with one attached hydrogen (secondary N) is 2. The molecule has 3 heterocycles. The Morgan fingerprint density at radius 1 is 1.17 bits per heavy atom. The zero-order valence-electron chi connectivity index (χ0n) is 23.2. The molecule has 2 aromatic heterocycles. The van der Waals surface area contributed by atoms with Crippen LogP contribution in [0.5, 0.6) is 11.5 Å². The van der Waals surface area contributed by atoms with Gasteiger partial charge in [-0.2, -0.15) is 0 Å². The fourth-order valence-corrected chi connectivity index (χ4v) is 6.10. The highest BCUT2D eigenvalue weighted by molar-refractivity contribution is 6.41. The lowest BCUT2D eigenvalue weighted by Crippen LogP contribution is -2.40. The molecule has 13 heteroatoms. The molecule has 224 valence electrons. The van der Waals surface area contributed by atoms with E-state index in [0.29, 0.717) is 65.7 Å². The van der Waals surface area contributed by atoms with Crippen molar-refractivity contribution >= 4 is 51.7 Å². The van der Waals surface area contributed by atoms with Crippen molar-refractivity contribution in [2.45, 2.75) is 50.1 Å². The van der Waals surface area contributed by atoms with Crippen LogP contribution in [0.1, 0.15) is 32.1 Å².